The molecular formula is C12H9BrF2N2O2S. The average Bonchev–Trinajstić information content (AvgIpc) is 2.37. The van der Waals surface area contributed by atoms with E-state index in [4.69, 9.17) is 0 Å². The Balaban J connectivity index is 2.57. The van der Waals surface area contributed by atoms with Gasteiger partial charge in [-0.25, -0.2) is 22.2 Å². The second-order valence-electron chi connectivity index (χ2n) is 3.86. The van der Waals surface area contributed by atoms with E-state index in [1.807, 2.05) is 0 Å². The van der Waals surface area contributed by atoms with Crippen LogP contribution in [0.1, 0.15) is 0 Å². The van der Waals surface area contributed by atoms with Crippen molar-refractivity contribution in [3.8, 4) is 0 Å². The zero-order valence-electron chi connectivity index (χ0n) is 10.2. The molecule has 1 heterocycles. The summed E-state index contributed by atoms with van der Waals surface area (Å²) in [6.45, 7) is 0. The number of anilines is 1. The highest BCUT2D eigenvalue weighted by molar-refractivity contribution is 9.10. The van der Waals surface area contributed by atoms with Gasteiger partial charge in [0.15, 0.2) is 0 Å². The number of benzene rings is 1. The molecule has 0 aliphatic carbocycles. The number of hydrogen-bond donors (Lipinski definition) is 0. The number of sulfonamides is 1. The third-order valence-corrected chi connectivity index (χ3v) is 5.28. The van der Waals surface area contributed by atoms with Crippen molar-refractivity contribution in [2.24, 2.45) is 0 Å². The molecule has 0 saturated heterocycles. The van der Waals surface area contributed by atoms with Crippen LogP contribution >= 0.6 is 15.9 Å². The first kappa shape index (κ1) is 14.9. The van der Waals surface area contributed by atoms with Crippen molar-refractivity contribution in [2.45, 2.75) is 4.90 Å². The van der Waals surface area contributed by atoms with Gasteiger partial charge in [-0.2, -0.15) is 0 Å². The van der Waals surface area contributed by atoms with Crippen LogP contribution in [0.15, 0.2) is 45.9 Å². The van der Waals surface area contributed by atoms with Gasteiger partial charge in [-0.1, -0.05) is 6.07 Å². The lowest BCUT2D eigenvalue weighted by atomic mass is 10.3. The Morgan fingerprint density at radius 2 is 1.95 bits per heavy atom. The van der Waals surface area contributed by atoms with E-state index in [-0.39, 0.29) is 10.3 Å². The second-order valence-corrected chi connectivity index (χ2v) is 6.62. The molecule has 2 aromatic rings. The molecule has 0 unspecified atom stereocenters. The summed E-state index contributed by atoms with van der Waals surface area (Å²) in [7, 11) is -2.94. The van der Waals surface area contributed by atoms with Crippen molar-refractivity contribution in [1.82, 2.24) is 4.98 Å². The number of hydrogen-bond acceptors (Lipinski definition) is 3. The summed E-state index contributed by atoms with van der Waals surface area (Å²) in [6, 6.07) is 6.10. The lowest BCUT2D eigenvalue weighted by Crippen LogP contribution is -2.28. The highest BCUT2D eigenvalue weighted by Crippen LogP contribution is 2.29. The van der Waals surface area contributed by atoms with Crippen LogP contribution < -0.4 is 4.31 Å². The largest absolute Gasteiger partial charge is 0.269 e. The maximum absolute atomic E-state index is 13.8. The van der Waals surface area contributed by atoms with Gasteiger partial charge in [0.05, 0.1) is 0 Å². The van der Waals surface area contributed by atoms with Gasteiger partial charge in [0.1, 0.15) is 22.3 Å². The molecule has 4 nitrogen and oxygen atoms in total. The van der Waals surface area contributed by atoms with E-state index in [0.29, 0.717) is 6.07 Å². The SMILES string of the molecule is CN(c1ccccn1)S(=O)(=O)c1c(F)cc(F)cc1Br. The Kier molecular flexibility index (Phi) is 4.05. The van der Waals surface area contributed by atoms with Crippen molar-refractivity contribution in [2.75, 3.05) is 11.4 Å². The van der Waals surface area contributed by atoms with Crippen molar-refractivity contribution >= 4 is 31.8 Å². The Hall–Kier alpha value is -1.54. The van der Waals surface area contributed by atoms with Crippen LogP contribution in [-0.4, -0.2) is 20.4 Å². The van der Waals surface area contributed by atoms with Crippen LogP contribution in [0.4, 0.5) is 14.6 Å². The summed E-state index contributed by atoms with van der Waals surface area (Å²) in [6.07, 6.45) is 1.41. The molecule has 0 radical (unpaired) electrons. The van der Waals surface area contributed by atoms with Crippen LogP contribution in [-0.2, 0) is 10.0 Å². The van der Waals surface area contributed by atoms with Crippen molar-refractivity contribution < 1.29 is 17.2 Å². The first-order valence-corrected chi connectivity index (χ1v) is 7.62. The molecule has 0 amide bonds. The summed E-state index contributed by atoms with van der Waals surface area (Å²) in [4.78, 5) is 3.25. The molecule has 0 fully saturated rings. The Morgan fingerprint density at radius 3 is 2.50 bits per heavy atom. The first-order valence-electron chi connectivity index (χ1n) is 5.38. The fourth-order valence-corrected chi connectivity index (χ4v) is 3.84. The summed E-state index contributed by atoms with van der Waals surface area (Å²) in [5.74, 6) is -1.91. The molecule has 1 aromatic carbocycles. The third-order valence-electron chi connectivity index (χ3n) is 2.55. The van der Waals surface area contributed by atoms with Crippen LogP contribution in [0.25, 0.3) is 0 Å². The number of rotatable bonds is 3. The maximum atomic E-state index is 13.8. The van der Waals surface area contributed by atoms with Crippen molar-refractivity contribution in [1.29, 1.82) is 0 Å². The van der Waals surface area contributed by atoms with Gasteiger partial charge in [-0.15, -0.1) is 0 Å². The summed E-state index contributed by atoms with van der Waals surface area (Å²) in [5, 5.41) is 0. The predicted octanol–water partition coefficient (Wildman–Crippen LogP) is 2.95. The van der Waals surface area contributed by atoms with Gasteiger partial charge < -0.3 is 0 Å². The molecule has 8 heteroatoms. The molecular weight excluding hydrogens is 354 g/mol. The van der Waals surface area contributed by atoms with Gasteiger partial charge >= 0.3 is 0 Å². The van der Waals surface area contributed by atoms with Crippen molar-refractivity contribution in [3.05, 3.63) is 52.6 Å². The lowest BCUT2D eigenvalue weighted by Gasteiger charge is -2.19. The number of pyridine rings is 1. The molecule has 0 aliphatic rings. The smallest absolute Gasteiger partial charge is 0.253 e. The summed E-state index contributed by atoms with van der Waals surface area (Å²) >= 11 is 2.87. The normalized spacial score (nSPS) is 11.4. The number of nitrogens with zero attached hydrogens (tertiary/aromatic N) is 2. The summed E-state index contributed by atoms with van der Waals surface area (Å²) in [5.41, 5.74) is 0. The molecule has 0 aliphatic heterocycles. The molecule has 106 valence electrons. The van der Waals surface area contributed by atoms with Crippen LogP contribution in [0, 0.1) is 11.6 Å². The summed E-state index contributed by atoms with van der Waals surface area (Å²) < 4.78 is 52.2. The van der Waals surface area contributed by atoms with E-state index < -0.39 is 26.6 Å². The van der Waals surface area contributed by atoms with Crippen molar-refractivity contribution in [3.63, 3.8) is 0 Å². The Bertz CT molecular complexity index is 715. The standard InChI is InChI=1S/C12H9BrF2N2O2S/c1-17(11-4-2-3-5-16-11)20(18,19)12-9(13)6-8(14)7-10(12)15/h2-7H,1H3. The topological polar surface area (TPSA) is 50.3 Å². The van der Waals surface area contributed by atoms with E-state index in [2.05, 4.69) is 20.9 Å². The minimum absolute atomic E-state index is 0.128. The fourth-order valence-electron chi connectivity index (χ4n) is 1.58. The molecule has 2 rings (SSSR count). The fraction of sp³-hybridized carbons (Fsp3) is 0.0833. The van der Waals surface area contributed by atoms with E-state index >= 15 is 0 Å². The molecule has 0 saturated carbocycles. The second kappa shape index (κ2) is 5.45. The van der Waals surface area contributed by atoms with Crippen LogP contribution in [0.5, 0.6) is 0 Å². The maximum Gasteiger partial charge on any atom is 0.269 e. The van der Waals surface area contributed by atoms with Gasteiger partial charge in [0.2, 0.25) is 0 Å². The van der Waals surface area contributed by atoms with Gasteiger partial charge in [0.25, 0.3) is 10.0 Å². The lowest BCUT2D eigenvalue weighted by molar-refractivity contribution is 0.545. The van der Waals surface area contributed by atoms with Gasteiger partial charge in [-0.3, -0.25) is 4.31 Å². The molecule has 1 aromatic heterocycles. The minimum Gasteiger partial charge on any atom is -0.253 e. The molecule has 0 N–H and O–H groups in total. The van der Waals surface area contributed by atoms with Gasteiger partial charge in [0, 0.05) is 23.8 Å². The molecule has 20 heavy (non-hydrogen) atoms. The molecule has 0 bridgehead atoms. The van der Waals surface area contributed by atoms with Crippen LogP contribution in [0.3, 0.4) is 0 Å². The zero-order valence-corrected chi connectivity index (χ0v) is 12.6. The minimum atomic E-state index is -4.19. The molecule has 0 spiro atoms. The van der Waals surface area contributed by atoms with E-state index in [0.717, 1.165) is 10.4 Å². The number of halogens is 3. The molecule has 0 atom stereocenters. The van der Waals surface area contributed by atoms with E-state index in [9.17, 15) is 17.2 Å². The third kappa shape index (κ3) is 2.66. The Morgan fingerprint density at radius 1 is 1.25 bits per heavy atom. The predicted molar refractivity (Wildman–Crippen MR) is 73.9 cm³/mol. The monoisotopic (exact) mass is 362 g/mol. The highest BCUT2D eigenvalue weighted by Gasteiger charge is 2.28. The van der Waals surface area contributed by atoms with Crippen LogP contribution in [0.2, 0.25) is 0 Å². The zero-order chi connectivity index (χ0) is 14.9. The average molecular weight is 363 g/mol. The first-order chi connectivity index (χ1) is 9.34. The number of aromatic nitrogens is 1. The van der Waals surface area contributed by atoms with E-state index in [1.54, 1.807) is 12.1 Å². The Labute approximate surface area is 123 Å². The highest BCUT2D eigenvalue weighted by atomic mass is 79.9. The van der Waals surface area contributed by atoms with E-state index in [1.165, 1.54) is 19.3 Å². The van der Waals surface area contributed by atoms with Gasteiger partial charge in [-0.05, 0) is 34.1 Å². The quantitative estimate of drug-likeness (QED) is 0.843.